The predicted octanol–water partition coefficient (Wildman–Crippen LogP) is 2.62. The molecule has 0 aliphatic heterocycles. The van der Waals surface area contributed by atoms with Gasteiger partial charge in [0.25, 0.3) is 0 Å². The highest BCUT2D eigenvalue weighted by Crippen LogP contribution is 2.21. The van der Waals surface area contributed by atoms with Gasteiger partial charge in [0.2, 0.25) is 0 Å². The molecule has 0 unspecified atom stereocenters. The lowest BCUT2D eigenvalue weighted by atomic mass is 10.3. The summed E-state index contributed by atoms with van der Waals surface area (Å²) >= 11 is 8.86. The van der Waals surface area contributed by atoms with Crippen molar-refractivity contribution in [2.75, 3.05) is 0 Å². The van der Waals surface area contributed by atoms with Crippen molar-refractivity contribution in [2.45, 2.75) is 6.92 Å². The lowest BCUT2D eigenvalue weighted by molar-refractivity contribution is 0.112. The number of hydrogen-bond acceptors (Lipinski definition) is 2. The van der Waals surface area contributed by atoms with Crippen LogP contribution in [0.1, 0.15) is 16.1 Å². The summed E-state index contributed by atoms with van der Waals surface area (Å²) in [5.74, 6) is 0. The van der Waals surface area contributed by atoms with E-state index in [1.807, 2.05) is 6.92 Å². The van der Waals surface area contributed by atoms with E-state index in [1.54, 1.807) is 6.07 Å². The summed E-state index contributed by atoms with van der Waals surface area (Å²) in [4.78, 5) is 14.3. The second kappa shape index (κ2) is 3.32. The van der Waals surface area contributed by atoms with Crippen molar-refractivity contribution in [1.29, 1.82) is 0 Å². The van der Waals surface area contributed by atoms with Gasteiger partial charge in [-0.15, -0.1) is 0 Å². The van der Waals surface area contributed by atoms with Gasteiger partial charge in [0.1, 0.15) is 5.15 Å². The molecule has 1 aromatic heterocycles. The Hall–Kier alpha value is -0.410. The van der Waals surface area contributed by atoms with Crippen LogP contribution >= 0.6 is 27.5 Å². The molecular formula is C7H5BrClNO. The van der Waals surface area contributed by atoms with Crippen molar-refractivity contribution in [3.05, 3.63) is 26.9 Å². The molecule has 0 radical (unpaired) electrons. The molecular weight excluding hydrogens is 229 g/mol. The minimum absolute atomic E-state index is 0.242. The van der Waals surface area contributed by atoms with Crippen LogP contribution in [0.2, 0.25) is 5.15 Å². The Bertz CT molecular complexity index is 277. The smallest absolute Gasteiger partial charge is 0.154 e. The number of aldehydes is 1. The quantitative estimate of drug-likeness (QED) is 0.552. The number of pyridine rings is 1. The van der Waals surface area contributed by atoms with Gasteiger partial charge in [-0.05, 0) is 28.9 Å². The highest BCUT2D eigenvalue weighted by atomic mass is 79.9. The number of aromatic nitrogens is 1. The zero-order valence-electron chi connectivity index (χ0n) is 5.77. The van der Waals surface area contributed by atoms with Crippen LogP contribution in [0.25, 0.3) is 0 Å². The van der Waals surface area contributed by atoms with E-state index in [0.29, 0.717) is 16.3 Å². The second-order valence-electron chi connectivity index (χ2n) is 2.07. The normalized spacial score (nSPS) is 9.73. The zero-order valence-corrected chi connectivity index (χ0v) is 8.11. The molecule has 0 bridgehead atoms. The molecule has 4 heteroatoms. The standard InChI is InChI=1S/C7H5BrClNO/c1-4-2-6(8)5(3-11)7(9)10-4/h2-3H,1H3. The van der Waals surface area contributed by atoms with Crippen molar-refractivity contribution in [3.8, 4) is 0 Å². The van der Waals surface area contributed by atoms with E-state index < -0.39 is 0 Å². The van der Waals surface area contributed by atoms with Crippen LogP contribution in [0.5, 0.6) is 0 Å². The summed E-state index contributed by atoms with van der Waals surface area (Å²) in [6.45, 7) is 1.81. The molecule has 2 nitrogen and oxygen atoms in total. The number of rotatable bonds is 1. The van der Waals surface area contributed by atoms with Gasteiger partial charge in [-0.3, -0.25) is 4.79 Å². The summed E-state index contributed by atoms with van der Waals surface area (Å²) in [6, 6.07) is 1.75. The fourth-order valence-corrected chi connectivity index (χ4v) is 1.72. The first-order valence-corrected chi connectivity index (χ1v) is 4.10. The van der Waals surface area contributed by atoms with E-state index in [4.69, 9.17) is 11.6 Å². The molecule has 0 amide bonds. The molecule has 0 atom stereocenters. The van der Waals surface area contributed by atoms with Crippen molar-refractivity contribution >= 4 is 33.8 Å². The molecule has 1 aromatic rings. The molecule has 0 saturated heterocycles. The van der Waals surface area contributed by atoms with Crippen LogP contribution in [0.4, 0.5) is 0 Å². The number of carbonyl (C=O) groups excluding carboxylic acids is 1. The van der Waals surface area contributed by atoms with Crippen molar-refractivity contribution < 1.29 is 4.79 Å². The molecule has 58 valence electrons. The molecule has 0 spiro atoms. The Morgan fingerprint density at radius 1 is 1.73 bits per heavy atom. The Balaban J connectivity index is 3.36. The summed E-state index contributed by atoms with van der Waals surface area (Å²) in [5.41, 5.74) is 1.18. The van der Waals surface area contributed by atoms with E-state index in [9.17, 15) is 4.79 Å². The SMILES string of the molecule is Cc1cc(Br)c(C=O)c(Cl)n1. The zero-order chi connectivity index (χ0) is 8.43. The molecule has 0 fully saturated rings. The third-order valence-corrected chi connectivity index (χ3v) is 2.15. The summed E-state index contributed by atoms with van der Waals surface area (Å²) in [6.07, 6.45) is 0.679. The van der Waals surface area contributed by atoms with E-state index in [-0.39, 0.29) is 5.15 Å². The number of halogens is 2. The third kappa shape index (κ3) is 1.79. The molecule has 0 N–H and O–H groups in total. The van der Waals surface area contributed by atoms with Gasteiger partial charge in [0.15, 0.2) is 6.29 Å². The van der Waals surface area contributed by atoms with E-state index in [1.165, 1.54) is 0 Å². The summed E-state index contributed by atoms with van der Waals surface area (Å²) in [7, 11) is 0. The fourth-order valence-electron chi connectivity index (χ4n) is 0.712. The van der Waals surface area contributed by atoms with E-state index in [2.05, 4.69) is 20.9 Å². The number of carbonyl (C=O) groups is 1. The van der Waals surface area contributed by atoms with Crippen LogP contribution in [0, 0.1) is 6.92 Å². The van der Waals surface area contributed by atoms with Gasteiger partial charge in [-0.2, -0.15) is 0 Å². The lowest BCUT2D eigenvalue weighted by Gasteiger charge is -1.99. The predicted molar refractivity (Wildman–Crippen MR) is 47.1 cm³/mol. The Labute approximate surface area is 77.7 Å². The molecule has 0 aromatic carbocycles. The average molecular weight is 234 g/mol. The topological polar surface area (TPSA) is 30.0 Å². The summed E-state index contributed by atoms with van der Waals surface area (Å²) < 4.78 is 0.685. The molecule has 1 rings (SSSR count). The van der Waals surface area contributed by atoms with Crippen molar-refractivity contribution in [3.63, 3.8) is 0 Å². The van der Waals surface area contributed by atoms with Crippen LogP contribution < -0.4 is 0 Å². The first kappa shape index (κ1) is 8.68. The molecule has 1 heterocycles. The second-order valence-corrected chi connectivity index (χ2v) is 3.28. The maximum atomic E-state index is 10.4. The van der Waals surface area contributed by atoms with Crippen LogP contribution in [-0.4, -0.2) is 11.3 Å². The number of hydrogen-bond donors (Lipinski definition) is 0. The van der Waals surface area contributed by atoms with E-state index in [0.717, 1.165) is 5.69 Å². The van der Waals surface area contributed by atoms with Gasteiger partial charge in [-0.1, -0.05) is 11.6 Å². The van der Waals surface area contributed by atoms with E-state index >= 15 is 0 Å². The molecule has 0 saturated carbocycles. The number of nitrogens with zero attached hydrogens (tertiary/aromatic N) is 1. The number of aryl methyl sites for hydroxylation is 1. The maximum absolute atomic E-state index is 10.4. The van der Waals surface area contributed by atoms with Crippen LogP contribution in [0.15, 0.2) is 10.5 Å². The maximum Gasteiger partial charge on any atom is 0.154 e. The summed E-state index contributed by atoms with van der Waals surface area (Å²) in [5, 5.41) is 0.242. The van der Waals surface area contributed by atoms with Gasteiger partial charge in [0, 0.05) is 10.2 Å². The fraction of sp³-hybridized carbons (Fsp3) is 0.143. The highest BCUT2D eigenvalue weighted by Gasteiger charge is 2.05. The van der Waals surface area contributed by atoms with Crippen LogP contribution in [0.3, 0.4) is 0 Å². The highest BCUT2D eigenvalue weighted by molar-refractivity contribution is 9.10. The minimum Gasteiger partial charge on any atom is -0.298 e. The van der Waals surface area contributed by atoms with Gasteiger partial charge < -0.3 is 0 Å². The van der Waals surface area contributed by atoms with Crippen molar-refractivity contribution in [2.24, 2.45) is 0 Å². The molecule has 0 aliphatic carbocycles. The first-order chi connectivity index (χ1) is 5.15. The average Bonchev–Trinajstić information content (AvgIpc) is 1.85. The minimum atomic E-state index is 0.242. The Kier molecular flexibility index (Phi) is 2.62. The molecule has 11 heavy (non-hydrogen) atoms. The first-order valence-electron chi connectivity index (χ1n) is 2.93. The Morgan fingerprint density at radius 3 is 2.82 bits per heavy atom. The van der Waals surface area contributed by atoms with Crippen LogP contribution in [-0.2, 0) is 0 Å². The largest absolute Gasteiger partial charge is 0.298 e. The van der Waals surface area contributed by atoms with Crippen molar-refractivity contribution in [1.82, 2.24) is 4.98 Å². The van der Waals surface area contributed by atoms with Gasteiger partial charge >= 0.3 is 0 Å². The molecule has 0 aliphatic rings. The monoisotopic (exact) mass is 233 g/mol. The third-order valence-electron chi connectivity index (χ3n) is 1.21. The van der Waals surface area contributed by atoms with Gasteiger partial charge in [0.05, 0.1) is 5.56 Å². The Morgan fingerprint density at radius 2 is 2.36 bits per heavy atom. The lowest BCUT2D eigenvalue weighted by Crippen LogP contribution is -1.90. The van der Waals surface area contributed by atoms with Gasteiger partial charge in [-0.25, -0.2) is 4.98 Å².